The van der Waals surface area contributed by atoms with Crippen molar-refractivity contribution in [1.29, 1.82) is 0 Å². The van der Waals surface area contributed by atoms with Gasteiger partial charge in [0.2, 0.25) is 5.91 Å². The van der Waals surface area contributed by atoms with E-state index in [1.54, 1.807) is 6.20 Å². The van der Waals surface area contributed by atoms with Crippen LogP contribution in [-0.2, 0) is 11.3 Å². The minimum absolute atomic E-state index is 0.0939. The number of rotatable bonds is 5. The molecule has 2 heterocycles. The molecule has 0 radical (unpaired) electrons. The number of hydrogen-bond acceptors (Lipinski definition) is 5. The quantitative estimate of drug-likeness (QED) is 0.897. The number of carbonyl (C=O) groups excluding carboxylic acids is 2. The molecule has 1 fully saturated rings. The number of nitrogens with zero attached hydrogens (tertiary/aromatic N) is 2. The molecule has 1 aliphatic rings. The van der Waals surface area contributed by atoms with Crippen LogP contribution in [0.15, 0.2) is 18.3 Å². The molecule has 1 aromatic heterocycles. The Labute approximate surface area is 116 Å². The molecular formula is C13H17N3O2S. The fourth-order valence-corrected chi connectivity index (χ4v) is 2.57. The van der Waals surface area contributed by atoms with E-state index in [0.29, 0.717) is 18.7 Å². The molecule has 0 atom stereocenters. The minimum Gasteiger partial charge on any atom is -0.370 e. The fourth-order valence-electron chi connectivity index (χ4n) is 1.80. The molecule has 2 amide bonds. The predicted octanol–water partition coefficient (Wildman–Crippen LogP) is 2.49. The lowest BCUT2D eigenvalue weighted by Gasteiger charge is -2.24. The van der Waals surface area contributed by atoms with Gasteiger partial charge in [0.05, 0.1) is 6.54 Å². The summed E-state index contributed by atoms with van der Waals surface area (Å²) in [5.41, 5.74) is 0.915. The van der Waals surface area contributed by atoms with E-state index in [1.165, 1.54) is 16.7 Å². The van der Waals surface area contributed by atoms with Gasteiger partial charge in [-0.3, -0.25) is 14.5 Å². The third kappa shape index (κ3) is 3.70. The number of nitrogens with one attached hydrogen (secondary N) is 1. The van der Waals surface area contributed by atoms with Crippen LogP contribution in [0.1, 0.15) is 25.3 Å². The Morgan fingerprint density at radius 1 is 1.47 bits per heavy atom. The van der Waals surface area contributed by atoms with Gasteiger partial charge in [-0.15, -0.1) is 0 Å². The summed E-state index contributed by atoms with van der Waals surface area (Å²) < 4.78 is 0. The van der Waals surface area contributed by atoms with E-state index in [4.69, 9.17) is 0 Å². The number of anilines is 1. The van der Waals surface area contributed by atoms with Gasteiger partial charge in [-0.2, -0.15) is 0 Å². The predicted molar refractivity (Wildman–Crippen MR) is 76.0 cm³/mol. The van der Waals surface area contributed by atoms with Crippen LogP contribution < -0.4 is 5.32 Å². The molecule has 0 unspecified atom stereocenters. The van der Waals surface area contributed by atoms with Gasteiger partial charge in [-0.05, 0) is 24.1 Å². The first-order valence-corrected chi connectivity index (χ1v) is 7.35. The largest absolute Gasteiger partial charge is 0.370 e. The van der Waals surface area contributed by atoms with E-state index in [1.807, 2.05) is 12.1 Å². The Morgan fingerprint density at radius 3 is 3.05 bits per heavy atom. The van der Waals surface area contributed by atoms with Crippen molar-refractivity contribution in [3.8, 4) is 0 Å². The smallest absolute Gasteiger partial charge is 0.288 e. The maximum absolute atomic E-state index is 11.7. The Kier molecular flexibility index (Phi) is 4.79. The highest BCUT2D eigenvalue weighted by molar-refractivity contribution is 8.13. The van der Waals surface area contributed by atoms with E-state index in [9.17, 15) is 9.59 Å². The molecule has 1 aromatic rings. The van der Waals surface area contributed by atoms with Crippen LogP contribution in [0.25, 0.3) is 0 Å². The van der Waals surface area contributed by atoms with Gasteiger partial charge in [0.25, 0.3) is 5.24 Å². The van der Waals surface area contributed by atoms with E-state index in [2.05, 4.69) is 17.2 Å². The highest BCUT2D eigenvalue weighted by atomic mass is 32.2. The van der Waals surface area contributed by atoms with Gasteiger partial charge >= 0.3 is 0 Å². The second-order valence-corrected chi connectivity index (χ2v) is 5.37. The maximum atomic E-state index is 11.7. The molecule has 0 spiro atoms. The molecule has 1 saturated heterocycles. The Morgan fingerprint density at radius 2 is 2.32 bits per heavy atom. The van der Waals surface area contributed by atoms with Gasteiger partial charge in [0.15, 0.2) is 0 Å². The number of aromatic nitrogens is 1. The second kappa shape index (κ2) is 6.56. The first kappa shape index (κ1) is 13.9. The molecule has 0 saturated carbocycles. The van der Waals surface area contributed by atoms with Crippen LogP contribution in [0.3, 0.4) is 0 Å². The van der Waals surface area contributed by atoms with Gasteiger partial charge in [-0.1, -0.05) is 18.7 Å². The number of amides is 2. The summed E-state index contributed by atoms with van der Waals surface area (Å²) in [7, 11) is 0. The average molecular weight is 279 g/mol. The van der Waals surface area contributed by atoms with Crippen molar-refractivity contribution in [2.75, 3.05) is 17.6 Å². The van der Waals surface area contributed by atoms with Gasteiger partial charge in [0, 0.05) is 24.9 Å². The molecule has 5 nitrogen and oxygen atoms in total. The average Bonchev–Trinajstić information content (AvgIpc) is 2.41. The van der Waals surface area contributed by atoms with Crippen molar-refractivity contribution in [3.63, 3.8) is 0 Å². The zero-order valence-electron chi connectivity index (χ0n) is 10.9. The van der Waals surface area contributed by atoms with E-state index < -0.39 is 0 Å². The zero-order valence-corrected chi connectivity index (χ0v) is 11.7. The monoisotopic (exact) mass is 279 g/mol. The third-order valence-corrected chi connectivity index (χ3v) is 3.66. The van der Waals surface area contributed by atoms with Gasteiger partial charge in [0.1, 0.15) is 5.82 Å². The number of hydrogen-bond donors (Lipinski definition) is 1. The van der Waals surface area contributed by atoms with Crippen molar-refractivity contribution in [1.82, 2.24) is 9.88 Å². The highest BCUT2D eigenvalue weighted by Crippen LogP contribution is 2.21. The number of imide groups is 1. The molecule has 19 heavy (non-hydrogen) atoms. The van der Waals surface area contributed by atoms with Crippen molar-refractivity contribution >= 4 is 28.7 Å². The van der Waals surface area contributed by atoms with Crippen molar-refractivity contribution in [2.45, 2.75) is 26.3 Å². The minimum atomic E-state index is -0.156. The number of thioether (sulfide) groups is 1. The molecule has 1 N–H and O–H groups in total. The van der Waals surface area contributed by atoms with Crippen LogP contribution in [0.5, 0.6) is 0 Å². The van der Waals surface area contributed by atoms with E-state index in [0.717, 1.165) is 24.3 Å². The van der Waals surface area contributed by atoms with Crippen LogP contribution in [0.4, 0.5) is 10.6 Å². The summed E-state index contributed by atoms with van der Waals surface area (Å²) in [5.74, 6) is 1.28. The zero-order chi connectivity index (χ0) is 13.7. The van der Waals surface area contributed by atoms with Crippen LogP contribution in [-0.4, -0.2) is 33.3 Å². The summed E-state index contributed by atoms with van der Waals surface area (Å²) in [5, 5.41) is 3.03. The highest BCUT2D eigenvalue weighted by Gasteiger charge is 2.26. The Hall–Kier alpha value is -1.56. The fraction of sp³-hybridized carbons (Fsp3) is 0.462. The van der Waals surface area contributed by atoms with Crippen molar-refractivity contribution < 1.29 is 9.59 Å². The van der Waals surface area contributed by atoms with Crippen LogP contribution in [0.2, 0.25) is 0 Å². The van der Waals surface area contributed by atoms with Crippen LogP contribution in [0, 0.1) is 0 Å². The normalized spacial score (nSPS) is 15.7. The standard InChI is InChI=1S/C13H17N3O2S/c1-2-5-14-11-8-10(3-6-15-11)9-16-12(17)4-7-19-13(16)18/h3,6,8H,2,4-5,7,9H2,1H3,(H,14,15). The summed E-state index contributed by atoms with van der Waals surface area (Å²) in [6, 6.07) is 3.71. The van der Waals surface area contributed by atoms with Crippen molar-refractivity contribution in [3.05, 3.63) is 23.9 Å². The van der Waals surface area contributed by atoms with E-state index in [-0.39, 0.29) is 11.1 Å². The second-order valence-electron chi connectivity index (χ2n) is 4.32. The van der Waals surface area contributed by atoms with E-state index >= 15 is 0 Å². The molecule has 1 aliphatic heterocycles. The molecule has 102 valence electrons. The number of carbonyl (C=O) groups is 2. The molecule has 6 heteroatoms. The van der Waals surface area contributed by atoms with Crippen LogP contribution >= 0.6 is 11.8 Å². The molecule has 0 bridgehead atoms. The first-order chi connectivity index (χ1) is 9.20. The lowest BCUT2D eigenvalue weighted by Crippen LogP contribution is -2.37. The molecule has 0 aromatic carbocycles. The van der Waals surface area contributed by atoms with Gasteiger partial charge in [-0.25, -0.2) is 4.98 Å². The summed E-state index contributed by atoms with van der Waals surface area (Å²) >= 11 is 1.20. The summed E-state index contributed by atoms with van der Waals surface area (Å²) in [6.45, 7) is 3.26. The maximum Gasteiger partial charge on any atom is 0.288 e. The van der Waals surface area contributed by atoms with Gasteiger partial charge < -0.3 is 5.32 Å². The SMILES string of the molecule is CCCNc1cc(CN2C(=O)CCSC2=O)ccn1. The Bertz CT molecular complexity index is 463. The third-order valence-electron chi connectivity index (χ3n) is 2.78. The summed E-state index contributed by atoms with van der Waals surface area (Å²) in [6.07, 6.45) is 3.15. The topological polar surface area (TPSA) is 62.3 Å². The molecule has 2 rings (SSSR count). The lowest BCUT2D eigenvalue weighted by molar-refractivity contribution is -0.128. The first-order valence-electron chi connectivity index (χ1n) is 6.36. The number of pyridine rings is 1. The lowest BCUT2D eigenvalue weighted by atomic mass is 10.2. The Balaban J connectivity index is 2.05. The van der Waals surface area contributed by atoms with Crippen molar-refractivity contribution in [2.24, 2.45) is 0 Å². The molecule has 0 aliphatic carbocycles. The summed E-state index contributed by atoms with van der Waals surface area (Å²) in [4.78, 5) is 28.9. The molecular weight excluding hydrogens is 262 g/mol.